The number of aryl methyl sites for hydroxylation is 1. The van der Waals surface area contributed by atoms with Crippen LogP contribution in [0, 0.1) is 6.92 Å². The van der Waals surface area contributed by atoms with E-state index in [-0.39, 0.29) is 12.6 Å². The van der Waals surface area contributed by atoms with Crippen LogP contribution >= 0.6 is 0 Å². The maximum Gasteiger partial charge on any atom is 0.0602 e. The number of nitrogens with zero attached hydrogens (tertiary/aromatic N) is 1. The van der Waals surface area contributed by atoms with Crippen LogP contribution in [0.25, 0.3) is 0 Å². The summed E-state index contributed by atoms with van der Waals surface area (Å²) in [6.45, 7) is 6.46. The predicted molar refractivity (Wildman–Crippen MR) is 71.5 cm³/mol. The highest BCUT2D eigenvalue weighted by Gasteiger charge is 2.21. The molecule has 1 aromatic rings. The Bertz CT molecular complexity index is 367. The summed E-state index contributed by atoms with van der Waals surface area (Å²) in [5, 5.41) is 12.8. The number of para-hydroxylation sites is 1. The smallest absolute Gasteiger partial charge is 0.0602 e. The summed E-state index contributed by atoms with van der Waals surface area (Å²) in [6, 6.07) is 9.11. The highest BCUT2D eigenvalue weighted by atomic mass is 16.3. The van der Waals surface area contributed by atoms with Crippen molar-refractivity contribution in [3.05, 3.63) is 29.8 Å². The highest BCUT2D eigenvalue weighted by molar-refractivity contribution is 5.53. The molecule has 1 aliphatic heterocycles. The van der Waals surface area contributed by atoms with Gasteiger partial charge in [0.25, 0.3) is 0 Å². The van der Waals surface area contributed by atoms with E-state index in [0.717, 1.165) is 19.5 Å². The van der Waals surface area contributed by atoms with Crippen LogP contribution in [0.5, 0.6) is 0 Å². The SMILES string of the molecule is Cc1ccccc1N1CCC(C)NC(CO)C1. The van der Waals surface area contributed by atoms with Crippen LogP contribution in [0.2, 0.25) is 0 Å². The second kappa shape index (κ2) is 5.52. The van der Waals surface area contributed by atoms with Crippen molar-refractivity contribution < 1.29 is 5.11 Å². The molecule has 2 N–H and O–H groups in total. The van der Waals surface area contributed by atoms with E-state index in [4.69, 9.17) is 0 Å². The largest absolute Gasteiger partial charge is 0.395 e. The molecule has 1 aliphatic rings. The van der Waals surface area contributed by atoms with E-state index in [2.05, 4.69) is 48.3 Å². The summed E-state index contributed by atoms with van der Waals surface area (Å²) in [5.74, 6) is 0. The molecule has 17 heavy (non-hydrogen) atoms. The third-order valence-corrected chi connectivity index (χ3v) is 3.47. The predicted octanol–water partition coefficient (Wildman–Crippen LogP) is 1.54. The fourth-order valence-electron chi connectivity index (χ4n) is 2.49. The Kier molecular flexibility index (Phi) is 4.02. The van der Waals surface area contributed by atoms with Gasteiger partial charge in [0.1, 0.15) is 0 Å². The lowest BCUT2D eigenvalue weighted by atomic mass is 10.1. The number of hydrogen-bond acceptors (Lipinski definition) is 3. The van der Waals surface area contributed by atoms with E-state index < -0.39 is 0 Å². The topological polar surface area (TPSA) is 35.5 Å². The van der Waals surface area contributed by atoms with Gasteiger partial charge in [-0.1, -0.05) is 18.2 Å². The monoisotopic (exact) mass is 234 g/mol. The minimum Gasteiger partial charge on any atom is -0.395 e. The normalized spacial score (nSPS) is 25.7. The maximum absolute atomic E-state index is 9.38. The van der Waals surface area contributed by atoms with Gasteiger partial charge in [-0.05, 0) is 31.9 Å². The second-order valence-electron chi connectivity index (χ2n) is 4.97. The number of rotatable bonds is 2. The van der Waals surface area contributed by atoms with E-state index in [9.17, 15) is 5.11 Å². The minimum atomic E-state index is 0.173. The summed E-state index contributed by atoms with van der Waals surface area (Å²) in [4.78, 5) is 2.38. The third-order valence-electron chi connectivity index (χ3n) is 3.47. The van der Waals surface area contributed by atoms with Gasteiger partial charge in [0.2, 0.25) is 0 Å². The lowest BCUT2D eigenvalue weighted by Gasteiger charge is -2.27. The summed E-state index contributed by atoms with van der Waals surface area (Å²) in [5.41, 5.74) is 2.60. The van der Waals surface area contributed by atoms with Crippen LogP contribution in [-0.2, 0) is 0 Å². The molecular formula is C14H22N2O. The van der Waals surface area contributed by atoms with Crippen LogP contribution in [0.3, 0.4) is 0 Å². The van der Waals surface area contributed by atoms with Crippen molar-refractivity contribution in [3.8, 4) is 0 Å². The number of aliphatic hydroxyl groups excluding tert-OH is 1. The first-order chi connectivity index (χ1) is 8.20. The zero-order valence-electron chi connectivity index (χ0n) is 10.7. The first-order valence-electron chi connectivity index (χ1n) is 6.38. The van der Waals surface area contributed by atoms with E-state index >= 15 is 0 Å². The summed E-state index contributed by atoms with van der Waals surface area (Å²) < 4.78 is 0. The van der Waals surface area contributed by atoms with Gasteiger partial charge in [-0.3, -0.25) is 0 Å². The van der Waals surface area contributed by atoms with Gasteiger partial charge < -0.3 is 15.3 Å². The summed E-state index contributed by atoms with van der Waals surface area (Å²) in [6.07, 6.45) is 1.12. The lowest BCUT2D eigenvalue weighted by Crippen LogP contribution is -2.42. The fraction of sp³-hybridized carbons (Fsp3) is 0.571. The number of nitrogens with one attached hydrogen (secondary N) is 1. The highest BCUT2D eigenvalue weighted by Crippen LogP contribution is 2.21. The van der Waals surface area contributed by atoms with Crippen molar-refractivity contribution in [2.45, 2.75) is 32.4 Å². The van der Waals surface area contributed by atoms with Gasteiger partial charge in [0, 0.05) is 30.9 Å². The Morgan fingerprint density at radius 1 is 1.41 bits per heavy atom. The number of benzene rings is 1. The van der Waals surface area contributed by atoms with E-state index in [1.807, 2.05) is 0 Å². The Hall–Kier alpha value is -1.06. The molecular weight excluding hydrogens is 212 g/mol. The molecule has 0 spiro atoms. The molecule has 3 heteroatoms. The standard InChI is InChI=1S/C14H22N2O/c1-11-5-3-4-6-14(11)16-8-7-12(2)15-13(9-16)10-17/h3-6,12-13,15,17H,7-10H2,1-2H3. The molecule has 1 aromatic carbocycles. The van der Waals surface area contributed by atoms with Gasteiger partial charge in [-0.2, -0.15) is 0 Å². The van der Waals surface area contributed by atoms with Gasteiger partial charge >= 0.3 is 0 Å². The second-order valence-corrected chi connectivity index (χ2v) is 4.97. The molecule has 0 aromatic heterocycles. The van der Waals surface area contributed by atoms with Crippen molar-refractivity contribution in [2.24, 2.45) is 0 Å². The van der Waals surface area contributed by atoms with Crippen LogP contribution in [0.1, 0.15) is 18.9 Å². The van der Waals surface area contributed by atoms with Gasteiger partial charge in [-0.25, -0.2) is 0 Å². The van der Waals surface area contributed by atoms with E-state index in [1.54, 1.807) is 0 Å². The average Bonchev–Trinajstić information content (AvgIpc) is 2.52. The zero-order chi connectivity index (χ0) is 12.3. The Labute approximate surface area is 103 Å². The average molecular weight is 234 g/mol. The van der Waals surface area contributed by atoms with Crippen molar-refractivity contribution >= 4 is 5.69 Å². The van der Waals surface area contributed by atoms with Crippen LogP contribution < -0.4 is 10.2 Å². The molecule has 2 unspecified atom stereocenters. The number of anilines is 1. The van der Waals surface area contributed by atoms with Crippen LogP contribution in [0.15, 0.2) is 24.3 Å². The molecule has 94 valence electrons. The molecule has 1 saturated heterocycles. The molecule has 2 rings (SSSR count). The molecule has 0 aliphatic carbocycles. The minimum absolute atomic E-state index is 0.173. The van der Waals surface area contributed by atoms with Crippen molar-refractivity contribution in [1.29, 1.82) is 0 Å². The molecule has 0 bridgehead atoms. The summed E-state index contributed by atoms with van der Waals surface area (Å²) in [7, 11) is 0. The first-order valence-corrected chi connectivity index (χ1v) is 6.38. The van der Waals surface area contributed by atoms with Gasteiger partial charge in [-0.15, -0.1) is 0 Å². The van der Waals surface area contributed by atoms with E-state index in [0.29, 0.717) is 6.04 Å². The van der Waals surface area contributed by atoms with Crippen LogP contribution in [-0.4, -0.2) is 36.9 Å². The van der Waals surface area contributed by atoms with Crippen molar-refractivity contribution in [3.63, 3.8) is 0 Å². The third kappa shape index (κ3) is 2.99. The van der Waals surface area contributed by atoms with Crippen LogP contribution in [0.4, 0.5) is 5.69 Å². The Morgan fingerprint density at radius 2 is 2.18 bits per heavy atom. The molecule has 1 fully saturated rings. The summed E-state index contributed by atoms with van der Waals surface area (Å²) >= 11 is 0. The Balaban J connectivity index is 2.17. The number of aliphatic hydroxyl groups is 1. The Morgan fingerprint density at radius 3 is 2.88 bits per heavy atom. The maximum atomic E-state index is 9.38. The quantitative estimate of drug-likeness (QED) is 0.815. The zero-order valence-corrected chi connectivity index (χ0v) is 10.7. The molecule has 0 radical (unpaired) electrons. The van der Waals surface area contributed by atoms with E-state index in [1.165, 1.54) is 11.3 Å². The molecule has 1 heterocycles. The fourth-order valence-corrected chi connectivity index (χ4v) is 2.49. The molecule has 2 atom stereocenters. The van der Waals surface area contributed by atoms with Crippen molar-refractivity contribution in [1.82, 2.24) is 5.32 Å². The number of hydrogen-bond donors (Lipinski definition) is 2. The molecule has 3 nitrogen and oxygen atoms in total. The molecule has 0 amide bonds. The van der Waals surface area contributed by atoms with Gasteiger partial charge in [0.05, 0.1) is 6.61 Å². The first kappa shape index (κ1) is 12.4. The molecule has 0 saturated carbocycles. The van der Waals surface area contributed by atoms with Gasteiger partial charge in [0.15, 0.2) is 0 Å². The van der Waals surface area contributed by atoms with Crippen molar-refractivity contribution in [2.75, 3.05) is 24.6 Å². The lowest BCUT2D eigenvalue weighted by molar-refractivity contribution is 0.240.